The van der Waals surface area contributed by atoms with E-state index in [2.05, 4.69) is 17.2 Å². The van der Waals surface area contributed by atoms with E-state index in [1.54, 1.807) is 12.1 Å². The summed E-state index contributed by atoms with van der Waals surface area (Å²) in [5.74, 6) is -1.30. The molecule has 0 saturated heterocycles. The second-order valence-corrected chi connectivity index (χ2v) is 5.55. The molecule has 1 aliphatic rings. The molecule has 1 heterocycles. The number of carbonyl (C=O) groups is 2. The first-order chi connectivity index (χ1) is 10.1. The molecule has 1 aromatic heterocycles. The lowest BCUT2D eigenvalue weighted by Gasteiger charge is -2.15. The van der Waals surface area contributed by atoms with Crippen LogP contribution in [0.2, 0.25) is 0 Å². The standard InChI is InChI=1S/C16H20N2O3/c1-2-7-16(8-9-16)11-18-15(21)14-12(4-3-10-17-14)5-6-13(19)20/h3-6,10H,2,7-9,11H2,1H3,(H,18,21)(H,19,20)/b6-5+. The fourth-order valence-corrected chi connectivity index (χ4v) is 2.48. The molecule has 2 rings (SSSR count). The Labute approximate surface area is 124 Å². The van der Waals surface area contributed by atoms with Gasteiger partial charge in [0.25, 0.3) is 5.91 Å². The monoisotopic (exact) mass is 288 g/mol. The lowest BCUT2D eigenvalue weighted by Crippen LogP contribution is -2.31. The third-order valence-corrected chi connectivity index (χ3v) is 3.82. The number of hydrogen-bond donors (Lipinski definition) is 2. The van der Waals surface area contributed by atoms with Gasteiger partial charge in [-0.3, -0.25) is 9.78 Å². The number of nitrogens with zero attached hydrogens (tertiary/aromatic N) is 1. The van der Waals surface area contributed by atoms with Crippen LogP contribution in [0.5, 0.6) is 0 Å². The van der Waals surface area contributed by atoms with Crippen LogP contribution in [0.3, 0.4) is 0 Å². The topological polar surface area (TPSA) is 79.3 Å². The SMILES string of the molecule is CCCC1(CNC(=O)c2ncccc2/C=C/C(=O)O)CC1. The van der Waals surface area contributed by atoms with E-state index in [0.717, 1.165) is 31.8 Å². The molecule has 1 aromatic rings. The summed E-state index contributed by atoms with van der Waals surface area (Å²) in [4.78, 5) is 26.9. The Morgan fingerprint density at radius 2 is 2.24 bits per heavy atom. The maximum Gasteiger partial charge on any atom is 0.328 e. The Hall–Kier alpha value is -2.17. The van der Waals surface area contributed by atoms with Gasteiger partial charge in [-0.25, -0.2) is 4.79 Å². The molecule has 0 aromatic carbocycles. The molecule has 112 valence electrons. The number of aliphatic carboxylic acids is 1. The van der Waals surface area contributed by atoms with Crippen LogP contribution in [-0.2, 0) is 4.79 Å². The third-order valence-electron chi connectivity index (χ3n) is 3.82. The van der Waals surface area contributed by atoms with Crippen molar-refractivity contribution >= 4 is 18.0 Å². The molecule has 0 aliphatic heterocycles. The van der Waals surface area contributed by atoms with Gasteiger partial charge in [0.1, 0.15) is 5.69 Å². The molecule has 0 bridgehead atoms. The summed E-state index contributed by atoms with van der Waals surface area (Å²) in [6.07, 6.45) is 8.50. The van der Waals surface area contributed by atoms with Crippen molar-refractivity contribution < 1.29 is 14.7 Å². The summed E-state index contributed by atoms with van der Waals surface area (Å²) in [5, 5.41) is 11.6. The van der Waals surface area contributed by atoms with Gasteiger partial charge in [-0.2, -0.15) is 0 Å². The molecular weight excluding hydrogens is 268 g/mol. The molecule has 0 unspecified atom stereocenters. The van der Waals surface area contributed by atoms with E-state index in [9.17, 15) is 9.59 Å². The normalized spacial score (nSPS) is 15.9. The minimum atomic E-state index is -1.05. The number of aromatic nitrogens is 1. The minimum Gasteiger partial charge on any atom is -0.478 e. The number of carboxylic acid groups (broad SMARTS) is 1. The van der Waals surface area contributed by atoms with Gasteiger partial charge in [0.05, 0.1) is 0 Å². The Morgan fingerprint density at radius 3 is 2.86 bits per heavy atom. The molecule has 1 aliphatic carbocycles. The van der Waals surface area contributed by atoms with Crippen LogP contribution in [0.15, 0.2) is 24.4 Å². The van der Waals surface area contributed by atoms with Crippen molar-refractivity contribution in [1.29, 1.82) is 0 Å². The molecule has 5 heteroatoms. The Bertz CT molecular complexity index is 562. The van der Waals surface area contributed by atoms with Crippen LogP contribution in [0.1, 0.15) is 48.7 Å². The highest BCUT2D eigenvalue weighted by molar-refractivity contribution is 5.97. The van der Waals surface area contributed by atoms with E-state index in [0.29, 0.717) is 12.1 Å². The quantitative estimate of drug-likeness (QED) is 0.755. The molecule has 0 radical (unpaired) electrons. The average molecular weight is 288 g/mol. The van der Waals surface area contributed by atoms with Gasteiger partial charge in [-0.1, -0.05) is 19.4 Å². The zero-order chi connectivity index (χ0) is 15.3. The van der Waals surface area contributed by atoms with E-state index in [-0.39, 0.29) is 17.0 Å². The average Bonchev–Trinajstić information content (AvgIpc) is 3.23. The zero-order valence-corrected chi connectivity index (χ0v) is 12.1. The van der Waals surface area contributed by atoms with Gasteiger partial charge < -0.3 is 10.4 Å². The van der Waals surface area contributed by atoms with E-state index < -0.39 is 5.97 Å². The van der Waals surface area contributed by atoms with E-state index in [1.165, 1.54) is 12.3 Å². The van der Waals surface area contributed by atoms with Crippen LogP contribution in [-0.4, -0.2) is 28.5 Å². The largest absolute Gasteiger partial charge is 0.478 e. The molecular formula is C16H20N2O3. The lowest BCUT2D eigenvalue weighted by atomic mass is 10.0. The smallest absolute Gasteiger partial charge is 0.328 e. The van der Waals surface area contributed by atoms with Crippen LogP contribution in [0.4, 0.5) is 0 Å². The van der Waals surface area contributed by atoms with Crippen LogP contribution >= 0.6 is 0 Å². The molecule has 21 heavy (non-hydrogen) atoms. The van der Waals surface area contributed by atoms with Gasteiger partial charge in [0, 0.05) is 24.4 Å². The molecule has 1 amide bonds. The molecule has 1 fully saturated rings. The zero-order valence-electron chi connectivity index (χ0n) is 12.1. The summed E-state index contributed by atoms with van der Waals surface area (Å²) in [7, 11) is 0. The highest BCUT2D eigenvalue weighted by Crippen LogP contribution is 2.48. The predicted octanol–water partition coefficient (Wildman–Crippen LogP) is 2.49. The maximum absolute atomic E-state index is 12.2. The first-order valence-electron chi connectivity index (χ1n) is 7.20. The molecule has 2 N–H and O–H groups in total. The first kappa shape index (κ1) is 15.2. The van der Waals surface area contributed by atoms with Gasteiger partial charge in [0.2, 0.25) is 0 Å². The number of rotatable bonds is 7. The van der Waals surface area contributed by atoms with Crippen molar-refractivity contribution in [2.45, 2.75) is 32.6 Å². The third kappa shape index (κ3) is 4.15. The van der Waals surface area contributed by atoms with Gasteiger partial charge in [0.15, 0.2) is 0 Å². The number of carbonyl (C=O) groups excluding carboxylic acids is 1. The Balaban J connectivity index is 2.04. The molecule has 5 nitrogen and oxygen atoms in total. The number of hydrogen-bond acceptors (Lipinski definition) is 3. The van der Waals surface area contributed by atoms with E-state index in [1.807, 2.05) is 0 Å². The number of pyridine rings is 1. The molecule has 0 spiro atoms. The fraction of sp³-hybridized carbons (Fsp3) is 0.438. The van der Waals surface area contributed by atoms with Crippen molar-refractivity contribution in [2.24, 2.45) is 5.41 Å². The van der Waals surface area contributed by atoms with Gasteiger partial charge in [-0.05, 0) is 36.8 Å². The fourth-order valence-electron chi connectivity index (χ4n) is 2.48. The Kier molecular flexibility index (Phi) is 4.73. The van der Waals surface area contributed by atoms with Crippen molar-refractivity contribution in [3.63, 3.8) is 0 Å². The minimum absolute atomic E-state index is 0.247. The highest BCUT2D eigenvalue weighted by Gasteiger charge is 2.41. The van der Waals surface area contributed by atoms with E-state index in [4.69, 9.17) is 5.11 Å². The highest BCUT2D eigenvalue weighted by atomic mass is 16.4. The van der Waals surface area contributed by atoms with Crippen LogP contribution in [0.25, 0.3) is 6.08 Å². The van der Waals surface area contributed by atoms with Gasteiger partial charge >= 0.3 is 5.97 Å². The second-order valence-electron chi connectivity index (χ2n) is 5.55. The summed E-state index contributed by atoms with van der Waals surface area (Å²) < 4.78 is 0. The molecule has 0 atom stereocenters. The van der Waals surface area contributed by atoms with E-state index >= 15 is 0 Å². The van der Waals surface area contributed by atoms with Crippen LogP contribution in [0, 0.1) is 5.41 Å². The summed E-state index contributed by atoms with van der Waals surface area (Å²) >= 11 is 0. The number of amides is 1. The summed E-state index contributed by atoms with van der Waals surface area (Å²) in [5.41, 5.74) is 1.05. The predicted molar refractivity (Wildman–Crippen MR) is 79.8 cm³/mol. The van der Waals surface area contributed by atoms with Crippen molar-refractivity contribution in [3.8, 4) is 0 Å². The number of nitrogens with one attached hydrogen (secondary N) is 1. The second kappa shape index (κ2) is 6.52. The summed E-state index contributed by atoms with van der Waals surface area (Å²) in [6.45, 7) is 2.81. The van der Waals surface area contributed by atoms with Crippen molar-refractivity contribution in [3.05, 3.63) is 35.7 Å². The van der Waals surface area contributed by atoms with Crippen molar-refractivity contribution in [1.82, 2.24) is 10.3 Å². The first-order valence-corrected chi connectivity index (χ1v) is 7.20. The molecule has 1 saturated carbocycles. The maximum atomic E-state index is 12.2. The lowest BCUT2D eigenvalue weighted by molar-refractivity contribution is -0.131. The Morgan fingerprint density at radius 1 is 1.48 bits per heavy atom. The summed E-state index contributed by atoms with van der Waals surface area (Å²) in [6, 6.07) is 3.36. The van der Waals surface area contributed by atoms with Crippen LogP contribution < -0.4 is 5.32 Å². The van der Waals surface area contributed by atoms with Crippen molar-refractivity contribution in [2.75, 3.05) is 6.54 Å². The van der Waals surface area contributed by atoms with Gasteiger partial charge in [-0.15, -0.1) is 0 Å². The number of carboxylic acids is 1.